The minimum atomic E-state index is 0.858. The second kappa shape index (κ2) is 3.52. The summed E-state index contributed by atoms with van der Waals surface area (Å²) in [6.45, 7) is 0. The number of hydrogen-bond acceptors (Lipinski definition) is 3. The lowest BCUT2D eigenvalue weighted by Crippen LogP contribution is -1.76. The fraction of sp³-hybridized carbons (Fsp3) is 0.111. The highest BCUT2D eigenvalue weighted by atomic mass is 79.9. The third-order valence-electron chi connectivity index (χ3n) is 1.86. The van der Waals surface area contributed by atoms with Gasteiger partial charge < -0.3 is 5.73 Å². The van der Waals surface area contributed by atoms with Crippen molar-refractivity contribution in [2.75, 3.05) is 12.0 Å². The van der Waals surface area contributed by atoms with Crippen LogP contribution in [0.3, 0.4) is 0 Å². The average molecular weight is 274 g/mol. The molecule has 0 aliphatic heterocycles. The molecule has 13 heavy (non-hydrogen) atoms. The molecule has 0 aliphatic rings. The molecule has 0 saturated carbocycles. The Bertz CT molecular complexity index is 450. The molecule has 1 heterocycles. The molecule has 0 spiro atoms. The summed E-state index contributed by atoms with van der Waals surface area (Å²) >= 11 is 6.88. The van der Waals surface area contributed by atoms with E-state index in [0.717, 1.165) is 9.47 Å². The topological polar surface area (TPSA) is 26.0 Å². The maximum absolute atomic E-state index is 5.84. The summed E-state index contributed by atoms with van der Waals surface area (Å²) in [4.78, 5) is 1.29. The van der Waals surface area contributed by atoms with Gasteiger partial charge in [-0.05, 0) is 28.3 Å². The van der Waals surface area contributed by atoms with Gasteiger partial charge in [0.1, 0.15) is 5.00 Å². The normalized spacial score (nSPS) is 10.9. The van der Waals surface area contributed by atoms with Gasteiger partial charge >= 0.3 is 0 Å². The van der Waals surface area contributed by atoms with Gasteiger partial charge in [-0.2, -0.15) is 0 Å². The zero-order valence-electron chi connectivity index (χ0n) is 7.00. The number of benzene rings is 1. The van der Waals surface area contributed by atoms with Crippen LogP contribution in [-0.2, 0) is 0 Å². The Labute approximate surface area is 93.4 Å². The van der Waals surface area contributed by atoms with Crippen molar-refractivity contribution in [3.63, 3.8) is 0 Å². The van der Waals surface area contributed by atoms with Crippen molar-refractivity contribution in [3.8, 4) is 0 Å². The maximum Gasteiger partial charge on any atom is 0.101 e. The van der Waals surface area contributed by atoms with E-state index in [1.807, 2.05) is 0 Å². The fourth-order valence-electron chi connectivity index (χ4n) is 1.24. The van der Waals surface area contributed by atoms with Crippen LogP contribution in [0.25, 0.3) is 10.1 Å². The third-order valence-corrected chi connectivity index (χ3v) is 4.96. The summed E-state index contributed by atoms with van der Waals surface area (Å²) in [6.07, 6.45) is 2.08. The van der Waals surface area contributed by atoms with Gasteiger partial charge in [-0.15, -0.1) is 23.1 Å². The van der Waals surface area contributed by atoms with Crippen molar-refractivity contribution in [3.05, 3.63) is 22.7 Å². The number of nitrogen functional groups attached to an aromatic ring is 1. The summed E-state index contributed by atoms with van der Waals surface area (Å²) in [5, 5.41) is 2.07. The van der Waals surface area contributed by atoms with Gasteiger partial charge in [0.15, 0.2) is 0 Å². The van der Waals surface area contributed by atoms with Gasteiger partial charge in [0.25, 0.3) is 0 Å². The zero-order valence-corrected chi connectivity index (χ0v) is 10.2. The highest BCUT2D eigenvalue weighted by Gasteiger charge is 2.09. The van der Waals surface area contributed by atoms with Crippen molar-refractivity contribution in [1.82, 2.24) is 0 Å². The number of thiophene rings is 1. The van der Waals surface area contributed by atoms with E-state index in [1.165, 1.54) is 15.0 Å². The largest absolute Gasteiger partial charge is 0.390 e. The van der Waals surface area contributed by atoms with Crippen LogP contribution in [0, 0.1) is 0 Å². The van der Waals surface area contributed by atoms with Crippen molar-refractivity contribution < 1.29 is 0 Å². The molecular formula is C9H8BrNS2. The first-order valence-electron chi connectivity index (χ1n) is 3.74. The van der Waals surface area contributed by atoms with Crippen LogP contribution in [0.2, 0.25) is 0 Å². The number of fused-ring (bicyclic) bond motifs is 1. The van der Waals surface area contributed by atoms with Crippen LogP contribution in [-0.4, -0.2) is 6.26 Å². The molecule has 1 nitrogen and oxygen atoms in total. The SMILES string of the molecule is CSc1cccc2c(Br)c(N)sc12. The molecule has 2 N–H and O–H groups in total. The van der Waals surface area contributed by atoms with Crippen molar-refractivity contribution in [1.29, 1.82) is 0 Å². The third kappa shape index (κ3) is 1.47. The van der Waals surface area contributed by atoms with Crippen molar-refractivity contribution >= 4 is 54.1 Å². The lowest BCUT2D eigenvalue weighted by molar-refractivity contribution is 1.59. The smallest absolute Gasteiger partial charge is 0.101 e. The minimum Gasteiger partial charge on any atom is -0.390 e. The second-order valence-corrected chi connectivity index (χ2v) is 5.31. The fourth-order valence-corrected chi connectivity index (χ4v) is 3.70. The first-order valence-corrected chi connectivity index (χ1v) is 6.58. The van der Waals surface area contributed by atoms with Gasteiger partial charge in [-0.3, -0.25) is 0 Å². The summed E-state index contributed by atoms with van der Waals surface area (Å²) in [6, 6.07) is 6.27. The van der Waals surface area contributed by atoms with E-state index >= 15 is 0 Å². The number of halogens is 1. The van der Waals surface area contributed by atoms with Gasteiger partial charge in [0.05, 0.1) is 9.17 Å². The van der Waals surface area contributed by atoms with Crippen LogP contribution in [0.1, 0.15) is 0 Å². The number of thioether (sulfide) groups is 1. The molecular weight excluding hydrogens is 266 g/mol. The van der Waals surface area contributed by atoms with E-state index in [9.17, 15) is 0 Å². The van der Waals surface area contributed by atoms with Gasteiger partial charge in [0, 0.05) is 10.3 Å². The zero-order chi connectivity index (χ0) is 9.42. The Balaban J connectivity index is 2.84. The standard InChI is InChI=1S/C9H8BrNS2/c1-12-6-4-2-3-5-7(10)9(11)13-8(5)6/h2-4H,11H2,1H3. The summed E-state index contributed by atoms with van der Waals surface area (Å²) in [7, 11) is 0. The molecule has 1 aromatic carbocycles. The van der Waals surface area contributed by atoms with Crippen LogP contribution in [0.4, 0.5) is 5.00 Å². The van der Waals surface area contributed by atoms with Crippen LogP contribution in [0.15, 0.2) is 27.6 Å². The summed E-state index contributed by atoms with van der Waals surface area (Å²) in [5.41, 5.74) is 5.84. The lowest BCUT2D eigenvalue weighted by atomic mass is 10.3. The van der Waals surface area contributed by atoms with Gasteiger partial charge in [-0.25, -0.2) is 0 Å². The van der Waals surface area contributed by atoms with E-state index in [1.54, 1.807) is 23.1 Å². The Hall–Kier alpha value is -0.190. The Kier molecular flexibility index (Phi) is 2.53. The van der Waals surface area contributed by atoms with Gasteiger partial charge in [-0.1, -0.05) is 12.1 Å². The maximum atomic E-state index is 5.84. The molecule has 0 atom stereocenters. The van der Waals surface area contributed by atoms with E-state index < -0.39 is 0 Å². The molecule has 0 saturated heterocycles. The molecule has 68 valence electrons. The Morgan fingerprint density at radius 1 is 1.46 bits per heavy atom. The lowest BCUT2D eigenvalue weighted by Gasteiger charge is -1.96. The quantitative estimate of drug-likeness (QED) is 0.796. The van der Waals surface area contributed by atoms with Gasteiger partial charge in [0.2, 0.25) is 0 Å². The molecule has 1 aromatic heterocycles. The second-order valence-electron chi connectivity index (χ2n) is 2.62. The van der Waals surface area contributed by atoms with Crippen LogP contribution < -0.4 is 5.73 Å². The van der Waals surface area contributed by atoms with E-state index in [0.29, 0.717) is 0 Å². The molecule has 0 bridgehead atoms. The van der Waals surface area contributed by atoms with Crippen molar-refractivity contribution in [2.45, 2.75) is 4.90 Å². The first kappa shape index (κ1) is 9.37. The predicted molar refractivity (Wildman–Crippen MR) is 65.7 cm³/mol. The van der Waals surface area contributed by atoms with E-state index in [-0.39, 0.29) is 0 Å². The minimum absolute atomic E-state index is 0.858. The van der Waals surface area contributed by atoms with E-state index in [4.69, 9.17) is 5.73 Å². The monoisotopic (exact) mass is 273 g/mol. The van der Waals surface area contributed by atoms with Crippen LogP contribution in [0.5, 0.6) is 0 Å². The highest BCUT2D eigenvalue weighted by molar-refractivity contribution is 9.10. The molecule has 0 unspecified atom stereocenters. The van der Waals surface area contributed by atoms with E-state index in [2.05, 4.69) is 40.4 Å². The predicted octanol–water partition coefficient (Wildman–Crippen LogP) is 3.97. The average Bonchev–Trinajstić information content (AvgIpc) is 2.43. The Morgan fingerprint density at radius 2 is 2.23 bits per heavy atom. The molecule has 0 fully saturated rings. The molecule has 2 rings (SSSR count). The molecule has 0 aliphatic carbocycles. The molecule has 2 aromatic rings. The molecule has 0 radical (unpaired) electrons. The Morgan fingerprint density at radius 3 is 2.92 bits per heavy atom. The number of hydrogen-bond donors (Lipinski definition) is 1. The highest BCUT2D eigenvalue weighted by Crippen LogP contribution is 2.41. The van der Waals surface area contributed by atoms with Crippen LogP contribution >= 0.6 is 39.0 Å². The van der Waals surface area contributed by atoms with Crippen molar-refractivity contribution in [2.24, 2.45) is 0 Å². The number of anilines is 1. The molecule has 4 heteroatoms. The number of nitrogens with two attached hydrogens (primary N) is 1. The molecule has 0 amide bonds. The number of rotatable bonds is 1. The first-order chi connectivity index (χ1) is 6.24. The summed E-state index contributed by atoms with van der Waals surface area (Å²) in [5.74, 6) is 0. The summed E-state index contributed by atoms with van der Waals surface area (Å²) < 4.78 is 2.31.